The molecule has 1 aromatic heterocycles. The van der Waals surface area contributed by atoms with Crippen LogP contribution in [0.1, 0.15) is 39.7 Å². The van der Waals surface area contributed by atoms with Crippen molar-refractivity contribution < 1.29 is 9.21 Å². The van der Waals surface area contributed by atoms with Gasteiger partial charge in [-0.3, -0.25) is 4.79 Å². The fourth-order valence-electron chi connectivity index (χ4n) is 4.57. The molecule has 1 atom stereocenters. The van der Waals surface area contributed by atoms with Gasteiger partial charge in [-0.05, 0) is 76.7 Å². The fraction of sp³-hybridized carbons (Fsp3) is 0.292. The van der Waals surface area contributed by atoms with Crippen LogP contribution in [0.5, 0.6) is 0 Å². The molecule has 3 heterocycles. The summed E-state index contributed by atoms with van der Waals surface area (Å²) in [5.41, 5.74) is 5.87. The van der Waals surface area contributed by atoms with Crippen LogP contribution >= 0.6 is 27.5 Å². The molecule has 154 valence electrons. The highest BCUT2D eigenvalue weighted by atomic mass is 79.9. The molecule has 0 bridgehead atoms. The Bertz CT molecular complexity index is 1130. The standard InChI is InChI=1S/C24H22BrClN2O2/c1-15-10-17-4-2-3-5-22(17)28(15)14-18-7-9-30-23(18)24(29)27-8-6-16-11-20(25)21(26)12-19(16)13-27/h2-5,7,9,11-12,15H,6,8,10,13-14H2,1H3. The average molecular weight is 486 g/mol. The van der Waals surface area contributed by atoms with E-state index in [-0.39, 0.29) is 5.91 Å². The zero-order valence-corrected chi connectivity index (χ0v) is 19.0. The quantitative estimate of drug-likeness (QED) is 0.467. The molecule has 2 aliphatic heterocycles. The number of hydrogen-bond acceptors (Lipinski definition) is 3. The number of anilines is 1. The lowest BCUT2D eigenvalue weighted by Crippen LogP contribution is -2.37. The van der Waals surface area contributed by atoms with E-state index in [9.17, 15) is 4.79 Å². The van der Waals surface area contributed by atoms with Gasteiger partial charge in [0.05, 0.1) is 11.3 Å². The average Bonchev–Trinajstić information content (AvgIpc) is 3.33. The van der Waals surface area contributed by atoms with Crippen LogP contribution in [0, 0.1) is 0 Å². The first-order chi connectivity index (χ1) is 14.5. The number of benzene rings is 2. The summed E-state index contributed by atoms with van der Waals surface area (Å²) >= 11 is 9.76. The van der Waals surface area contributed by atoms with E-state index in [1.165, 1.54) is 16.8 Å². The first-order valence-corrected chi connectivity index (χ1v) is 11.4. The molecule has 3 aromatic rings. The van der Waals surface area contributed by atoms with Crippen molar-refractivity contribution in [2.24, 2.45) is 0 Å². The van der Waals surface area contributed by atoms with Gasteiger partial charge in [-0.1, -0.05) is 29.8 Å². The Morgan fingerprint density at radius 3 is 2.90 bits per heavy atom. The molecule has 0 saturated heterocycles. The van der Waals surface area contributed by atoms with Crippen molar-refractivity contribution in [3.63, 3.8) is 0 Å². The number of hydrogen-bond donors (Lipinski definition) is 0. The number of fused-ring (bicyclic) bond motifs is 2. The van der Waals surface area contributed by atoms with Gasteiger partial charge in [0.2, 0.25) is 0 Å². The minimum Gasteiger partial charge on any atom is -0.459 e. The van der Waals surface area contributed by atoms with Crippen LogP contribution in [-0.4, -0.2) is 23.4 Å². The first-order valence-electron chi connectivity index (χ1n) is 10.2. The Hall–Kier alpha value is -2.24. The number of carbonyl (C=O) groups excluding carboxylic acids is 1. The monoisotopic (exact) mass is 484 g/mol. The van der Waals surface area contributed by atoms with Crippen molar-refractivity contribution in [3.05, 3.63) is 86.2 Å². The molecule has 0 saturated carbocycles. The van der Waals surface area contributed by atoms with Gasteiger partial charge in [-0.15, -0.1) is 0 Å². The molecule has 6 heteroatoms. The Morgan fingerprint density at radius 2 is 2.03 bits per heavy atom. The maximum atomic E-state index is 13.3. The van der Waals surface area contributed by atoms with E-state index in [4.69, 9.17) is 16.0 Å². The highest BCUT2D eigenvalue weighted by Crippen LogP contribution is 2.34. The molecule has 0 spiro atoms. The normalized spacial score (nSPS) is 17.8. The molecule has 5 rings (SSSR count). The summed E-state index contributed by atoms with van der Waals surface area (Å²) in [5, 5.41) is 0.670. The molecule has 4 nitrogen and oxygen atoms in total. The molecule has 1 unspecified atom stereocenters. The minimum absolute atomic E-state index is 0.0557. The van der Waals surface area contributed by atoms with Crippen LogP contribution < -0.4 is 4.90 Å². The topological polar surface area (TPSA) is 36.7 Å². The number of halogens is 2. The van der Waals surface area contributed by atoms with Gasteiger partial charge in [0.25, 0.3) is 5.91 Å². The van der Waals surface area contributed by atoms with Gasteiger partial charge in [0.1, 0.15) is 0 Å². The lowest BCUT2D eigenvalue weighted by Gasteiger charge is -2.29. The molecule has 0 N–H and O–H groups in total. The number of nitrogens with zero attached hydrogens (tertiary/aromatic N) is 2. The van der Waals surface area contributed by atoms with E-state index >= 15 is 0 Å². The molecule has 2 aliphatic rings. The summed E-state index contributed by atoms with van der Waals surface area (Å²) in [6.07, 6.45) is 3.46. The Labute approximate surface area is 189 Å². The number of amides is 1. The Balaban J connectivity index is 1.37. The van der Waals surface area contributed by atoms with Crippen LogP contribution in [0.2, 0.25) is 5.02 Å². The molecule has 30 heavy (non-hydrogen) atoms. The second-order valence-electron chi connectivity index (χ2n) is 8.10. The van der Waals surface area contributed by atoms with E-state index in [1.807, 2.05) is 17.0 Å². The lowest BCUT2D eigenvalue weighted by molar-refractivity contribution is 0.0700. The number of para-hydroxylation sites is 1. The number of rotatable bonds is 3. The van der Waals surface area contributed by atoms with E-state index < -0.39 is 0 Å². The van der Waals surface area contributed by atoms with Crippen LogP contribution in [0.15, 0.2) is 57.6 Å². The third kappa shape index (κ3) is 3.44. The van der Waals surface area contributed by atoms with E-state index in [2.05, 4.69) is 58.1 Å². The lowest BCUT2D eigenvalue weighted by atomic mass is 9.99. The molecule has 2 aromatic carbocycles. The summed E-state index contributed by atoms with van der Waals surface area (Å²) in [6, 6.07) is 14.8. The highest BCUT2D eigenvalue weighted by Gasteiger charge is 2.30. The van der Waals surface area contributed by atoms with E-state index in [0.717, 1.165) is 28.4 Å². The molecular formula is C24H22BrClN2O2. The Kier molecular flexibility index (Phi) is 5.11. The predicted molar refractivity (Wildman–Crippen MR) is 122 cm³/mol. The highest BCUT2D eigenvalue weighted by molar-refractivity contribution is 9.10. The van der Waals surface area contributed by atoms with Gasteiger partial charge in [-0.2, -0.15) is 0 Å². The summed E-state index contributed by atoms with van der Waals surface area (Å²) in [5.74, 6) is 0.387. The predicted octanol–water partition coefficient (Wildman–Crippen LogP) is 5.85. The van der Waals surface area contributed by atoms with Crippen molar-refractivity contribution in [2.45, 2.75) is 38.9 Å². The third-order valence-corrected chi connectivity index (χ3v) is 7.37. The number of carbonyl (C=O) groups is 1. The Morgan fingerprint density at radius 1 is 1.20 bits per heavy atom. The second kappa shape index (κ2) is 7.78. The maximum absolute atomic E-state index is 13.3. The van der Waals surface area contributed by atoms with Crippen molar-refractivity contribution in [2.75, 3.05) is 11.4 Å². The van der Waals surface area contributed by atoms with Crippen molar-refractivity contribution in [3.8, 4) is 0 Å². The van der Waals surface area contributed by atoms with Crippen molar-refractivity contribution in [1.29, 1.82) is 0 Å². The zero-order chi connectivity index (χ0) is 20.8. The zero-order valence-electron chi connectivity index (χ0n) is 16.7. The molecular weight excluding hydrogens is 464 g/mol. The maximum Gasteiger partial charge on any atom is 0.290 e. The van der Waals surface area contributed by atoms with Crippen LogP contribution in [0.3, 0.4) is 0 Å². The van der Waals surface area contributed by atoms with Gasteiger partial charge >= 0.3 is 0 Å². The van der Waals surface area contributed by atoms with Gasteiger partial charge in [0, 0.05) is 41.4 Å². The molecule has 0 fully saturated rings. The number of furan rings is 1. The summed E-state index contributed by atoms with van der Waals surface area (Å²) in [6.45, 7) is 4.11. The van der Waals surface area contributed by atoms with Crippen molar-refractivity contribution in [1.82, 2.24) is 4.90 Å². The van der Waals surface area contributed by atoms with E-state index in [0.29, 0.717) is 36.5 Å². The smallest absolute Gasteiger partial charge is 0.290 e. The van der Waals surface area contributed by atoms with Gasteiger partial charge in [0.15, 0.2) is 5.76 Å². The summed E-state index contributed by atoms with van der Waals surface area (Å²) < 4.78 is 6.59. The first kappa shape index (κ1) is 19.7. The second-order valence-corrected chi connectivity index (χ2v) is 9.36. The van der Waals surface area contributed by atoms with Gasteiger partial charge < -0.3 is 14.2 Å². The minimum atomic E-state index is -0.0557. The third-order valence-electron chi connectivity index (χ3n) is 6.17. The summed E-state index contributed by atoms with van der Waals surface area (Å²) in [7, 11) is 0. The fourth-order valence-corrected chi connectivity index (χ4v) is 5.15. The van der Waals surface area contributed by atoms with Crippen LogP contribution in [-0.2, 0) is 25.9 Å². The summed E-state index contributed by atoms with van der Waals surface area (Å²) in [4.78, 5) is 17.5. The molecule has 0 radical (unpaired) electrons. The van der Waals surface area contributed by atoms with Crippen molar-refractivity contribution >= 4 is 39.1 Å². The van der Waals surface area contributed by atoms with Crippen LogP contribution in [0.4, 0.5) is 5.69 Å². The molecule has 1 amide bonds. The SMILES string of the molecule is CC1Cc2ccccc2N1Cc1ccoc1C(=O)N1CCc2cc(Br)c(Cl)cc2C1. The molecule has 0 aliphatic carbocycles. The van der Waals surface area contributed by atoms with Gasteiger partial charge in [-0.25, -0.2) is 0 Å². The van der Waals surface area contributed by atoms with E-state index in [1.54, 1.807) is 6.26 Å². The largest absolute Gasteiger partial charge is 0.459 e. The van der Waals surface area contributed by atoms with Crippen LogP contribution in [0.25, 0.3) is 0 Å².